The molecule has 0 aromatic heterocycles. The number of nitrogens with zero attached hydrogens (tertiary/aromatic N) is 1. The third kappa shape index (κ3) is 8.47. The van der Waals surface area contributed by atoms with Crippen LogP contribution in [0, 0.1) is 12.8 Å². The third-order valence-electron chi connectivity index (χ3n) is 6.32. The number of benzene rings is 2. The van der Waals surface area contributed by atoms with Crippen LogP contribution in [0.25, 0.3) is 6.08 Å². The van der Waals surface area contributed by atoms with Gasteiger partial charge in [0.2, 0.25) is 5.91 Å². The molecule has 0 radical (unpaired) electrons. The molecule has 7 nitrogen and oxygen atoms in total. The van der Waals surface area contributed by atoms with Crippen molar-refractivity contribution in [2.75, 3.05) is 11.9 Å². The number of ether oxygens (including phenoxy) is 1. The molecule has 0 aliphatic heterocycles. The van der Waals surface area contributed by atoms with Crippen LogP contribution in [0.3, 0.4) is 0 Å². The Bertz CT molecular complexity index is 1120. The number of aryl methyl sites for hydroxylation is 1. The fraction of sp³-hybridized carbons (Fsp3) is 0.452. The molecule has 0 spiro atoms. The van der Waals surface area contributed by atoms with Crippen LogP contribution >= 0.6 is 0 Å². The fourth-order valence-corrected chi connectivity index (χ4v) is 4.15. The number of hydrogen-bond donors (Lipinski definition) is 2. The first-order chi connectivity index (χ1) is 17.9. The maximum absolute atomic E-state index is 14.2. The Balaban J connectivity index is 2.56. The second-order valence-electron chi connectivity index (χ2n) is 10.6. The van der Waals surface area contributed by atoms with E-state index in [2.05, 4.69) is 17.2 Å². The van der Waals surface area contributed by atoms with Crippen molar-refractivity contribution in [3.05, 3.63) is 71.8 Å². The third-order valence-corrected chi connectivity index (χ3v) is 6.32. The first-order valence-electron chi connectivity index (χ1n) is 13.3. The van der Waals surface area contributed by atoms with Gasteiger partial charge >= 0.3 is 6.09 Å². The van der Waals surface area contributed by atoms with E-state index in [4.69, 9.17) is 4.74 Å². The predicted octanol–water partition coefficient (Wildman–Crippen LogP) is 6.50. The number of carbonyl (C=O) groups excluding carboxylic acids is 3. The number of hydrogen-bond acceptors (Lipinski definition) is 4. The van der Waals surface area contributed by atoms with Crippen LogP contribution in [0.1, 0.15) is 77.1 Å². The molecule has 3 atom stereocenters. The zero-order valence-corrected chi connectivity index (χ0v) is 23.8. The standard InChI is InChI=1S/C31H43N3O4/c1-9-19-34(29(36)26(21(4)10-2)33-30(37)38-31(6,7)8)27(24-17-14-16-23(11-3)20-24)28(35)32-25-18-13-12-15-22(25)5/h11-18,20-21,26-27H,3,9-10,19H2,1-2,4-8H3,(H,32,35)(H,33,37). The van der Waals surface area contributed by atoms with Crippen molar-refractivity contribution < 1.29 is 19.1 Å². The largest absolute Gasteiger partial charge is 0.444 e. The smallest absolute Gasteiger partial charge is 0.408 e. The van der Waals surface area contributed by atoms with Crippen molar-refractivity contribution in [3.8, 4) is 0 Å². The van der Waals surface area contributed by atoms with E-state index in [1.165, 1.54) is 0 Å². The number of amides is 3. The predicted molar refractivity (Wildman–Crippen MR) is 154 cm³/mol. The quantitative estimate of drug-likeness (QED) is 0.353. The van der Waals surface area contributed by atoms with Crippen LogP contribution in [0.15, 0.2) is 55.1 Å². The van der Waals surface area contributed by atoms with Gasteiger partial charge in [-0.1, -0.05) is 76.2 Å². The van der Waals surface area contributed by atoms with E-state index in [1.54, 1.807) is 31.7 Å². The molecule has 0 saturated heterocycles. The number of carbonyl (C=O) groups is 3. The van der Waals surface area contributed by atoms with Crippen molar-refractivity contribution in [3.63, 3.8) is 0 Å². The lowest BCUT2D eigenvalue weighted by molar-refractivity contribution is -0.141. The highest BCUT2D eigenvalue weighted by Gasteiger charge is 2.38. The number of anilines is 1. The summed E-state index contributed by atoms with van der Waals surface area (Å²) in [5, 5.41) is 5.81. The Hall–Kier alpha value is -3.61. The van der Waals surface area contributed by atoms with Gasteiger partial charge in [0.15, 0.2) is 0 Å². The highest BCUT2D eigenvalue weighted by atomic mass is 16.6. The molecule has 2 rings (SSSR count). The van der Waals surface area contributed by atoms with E-state index in [1.807, 2.05) is 76.2 Å². The van der Waals surface area contributed by atoms with Crippen LogP contribution in [-0.2, 0) is 14.3 Å². The zero-order chi connectivity index (χ0) is 28.5. The van der Waals surface area contributed by atoms with Crippen LogP contribution in [0.5, 0.6) is 0 Å². The lowest BCUT2D eigenvalue weighted by atomic mass is 9.95. The molecular weight excluding hydrogens is 478 g/mol. The van der Waals surface area contributed by atoms with E-state index >= 15 is 0 Å². The molecule has 0 aliphatic rings. The Morgan fingerprint density at radius 2 is 1.76 bits per heavy atom. The average molecular weight is 522 g/mol. The lowest BCUT2D eigenvalue weighted by Crippen LogP contribution is -2.54. The summed E-state index contributed by atoms with van der Waals surface area (Å²) in [5.41, 5.74) is 2.38. The van der Waals surface area contributed by atoms with E-state index in [0.717, 1.165) is 11.1 Å². The van der Waals surface area contributed by atoms with Crippen LogP contribution in [0.2, 0.25) is 0 Å². The Kier molecular flexibility index (Phi) is 11.1. The van der Waals surface area contributed by atoms with Gasteiger partial charge in [0.05, 0.1) is 0 Å². The van der Waals surface area contributed by atoms with E-state index < -0.39 is 23.8 Å². The van der Waals surface area contributed by atoms with Crippen LogP contribution < -0.4 is 10.6 Å². The molecule has 206 valence electrons. The Labute approximate surface area is 227 Å². The van der Waals surface area contributed by atoms with E-state index in [0.29, 0.717) is 30.6 Å². The first-order valence-corrected chi connectivity index (χ1v) is 13.3. The molecule has 0 aliphatic carbocycles. The summed E-state index contributed by atoms with van der Waals surface area (Å²) in [7, 11) is 0. The zero-order valence-electron chi connectivity index (χ0n) is 23.8. The molecule has 0 saturated carbocycles. The second kappa shape index (κ2) is 13.8. The van der Waals surface area contributed by atoms with Gasteiger partial charge in [-0.2, -0.15) is 0 Å². The van der Waals surface area contributed by atoms with Crippen LogP contribution in [0.4, 0.5) is 10.5 Å². The number of nitrogens with one attached hydrogen (secondary N) is 2. The second-order valence-corrected chi connectivity index (χ2v) is 10.6. The van der Waals surface area contributed by atoms with Gasteiger partial charge in [-0.25, -0.2) is 4.79 Å². The van der Waals surface area contributed by atoms with Gasteiger partial charge in [-0.3, -0.25) is 9.59 Å². The average Bonchev–Trinajstić information content (AvgIpc) is 2.86. The maximum atomic E-state index is 14.2. The van der Waals surface area contributed by atoms with E-state index in [9.17, 15) is 14.4 Å². The van der Waals surface area contributed by atoms with Crippen molar-refractivity contribution in [1.82, 2.24) is 10.2 Å². The molecule has 0 bridgehead atoms. The molecule has 0 fully saturated rings. The minimum atomic E-state index is -0.922. The molecule has 2 N–H and O–H groups in total. The number of rotatable bonds is 11. The maximum Gasteiger partial charge on any atom is 0.408 e. The van der Waals surface area contributed by atoms with Crippen LogP contribution in [-0.4, -0.2) is 41.0 Å². The summed E-state index contributed by atoms with van der Waals surface area (Å²) in [6.45, 7) is 17.2. The molecular formula is C31H43N3O4. The normalized spacial score (nSPS) is 13.6. The molecule has 2 aromatic carbocycles. The molecule has 2 aromatic rings. The summed E-state index contributed by atoms with van der Waals surface area (Å²) in [4.78, 5) is 42.4. The van der Waals surface area contributed by atoms with E-state index in [-0.39, 0.29) is 17.7 Å². The van der Waals surface area contributed by atoms with Gasteiger partial charge in [0.25, 0.3) is 5.91 Å². The summed E-state index contributed by atoms with van der Waals surface area (Å²) >= 11 is 0. The van der Waals surface area contributed by atoms with Crippen molar-refractivity contribution in [1.29, 1.82) is 0 Å². The summed E-state index contributed by atoms with van der Waals surface area (Å²) in [6, 6.07) is 13.2. The number of alkyl carbamates (subject to hydrolysis) is 1. The van der Waals surface area contributed by atoms with Crippen molar-refractivity contribution >= 4 is 29.7 Å². The first kappa shape index (κ1) is 30.6. The van der Waals surface area contributed by atoms with Gasteiger partial charge in [-0.05, 0) is 68.9 Å². The Morgan fingerprint density at radius 1 is 1.08 bits per heavy atom. The number of para-hydroxylation sites is 1. The monoisotopic (exact) mass is 521 g/mol. The molecule has 3 amide bonds. The molecule has 3 unspecified atom stereocenters. The highest BCUT2D eigenvalue weighted by molar-refractivity contribution is 5.99. The SMILES string of the molecule is C=Cc1cccc(C(C(=O)Nc2ccccc2C)N(CCC)C(=O)C(NC(=O)OC(C)(C)C)C(C)CC)c1. The highest BCUT2D eigenvalue weighted by Crippen LogP contribution is 2.28. The topological polar surface area (TPSA) is 87.7 Å². The van der Waals surface area contributed by atoms with Gasteiger partial charge in [0, 0.05) is 12.2 Å². The lowest BCUT2D eigenvalue weighted by Gasteiger charge is -2.36. The minimum absolute atomic E-state index is 0.186. The van der Waals surface area contributed by atoms with Crippen molar-refractivity contribution in [2.24, 2.45) is 5.92 Å². The molecule has 38 heavy (non-hydrogen) atoms. The van der Waals surface area contributed by atoms with Gasteiger partial charge in [-0.15, -0.1) is 0 Å². The Morgan fingerprint density at radius 3 is 2.34 bits per heavy atom. The summed E-state index contributed by atoms with van der Waals surface area (Å²) in [6.07, 6.45) is 2.32. The van der Waals surface area contributed by atoms with Gasteiger partial charge < -0.3 is 20.3 Å². The van der Waals surface area contributed by atoms with Gasteiger partial charge in [0.1, 0.15) is 17.7 Å². The molecule has 7 heteroatoms. The molecule has 0 heterocycles. The fourth-order valence-electron chi connectivity index (χ4n) is 4.15. The minimum Gasteiger partial charge on any atom is -0.444 e. The summed E-state index contributed by atoms with van der Waals surface area (Å²) in [5.74, 6) is -0.850. The summed E-state index contributed by atoms with van der Waals surface area (Å²) < 4.78 is 5.46. The van der Waals surface area contributed by atoms with Crippen molar-refractivity contribution in [2.45, 2.75) is 79.0 Å².